The number of ether oxygens (including phenoxy) is 2. The molecule has 0 aliphatic carbocycles. The van der Waals surface area contributed by atoms with Gasteiger partial charge in [-0.05, 0) is 48.8 Å². The minimum Gasteiger partial charge on any atom is -0.493 e. The van der Waals surface area contributed by atoms with E-state index in [2.05, 4.69) is 33.0 Å². The molecule has 2 N–H and O–H groups in total. The summed E-state index contributed by atoms with van der Waals surface area (Å²) >= 11 is 0. The maximum atomic E-state index is 12.9. The third kappa shape index (κ3) is 10.8. The fourth-order valence-corrected chi connectivity index (χ4v) is 3.60. The van der Waals surface area contributed by atoms with Crippen molar-refractivity contribution in [1.29, 1.82) is 0 Å². The zero-order valence-electron chi connectivity index (χ0n) is 23.9. The summed E-state index contributed by atoms with van der Waals surface area (Å²) in [5.74, 6) is -0.777. The number of carboxylic acid groups (broad SMARTS) is 1. The Bertz CT molecular complexity index is 1020. The van der Waals surface area contributed by atoms with E-state index in [1.165, 1.54) is 31.0 Å². The van der Waals surface area contributed by atoms with Gasteiger partial charge < -0.3 is 29.7 Å². The maximum absolute atomic E-state index is 12.9. The van der Waals surface area contributed by atoms with Gasteiger partial charge in [-0.25, -0.2) is 9.59 Å². The highest BCUT2D eigenvalue weighted by atomic mass is 16.6. The fourth-order valence-electron chi connectivity index (χ4n) is 3.60. The van der Waals surface area contributed by atoms with Gasteiger partial charge in [0.15, 0.2) is 11.5 Å². The van der Waals surface area contributed by atoms with Gasteiger partial charge in [0.05, 0.1) is 13.5 Å². The van der Waals surface area contributed by atoms with Gasteiger partial charge in [0, 0.05) is 45.4 Å². The van der Waals surface area contributed by atoms with Crippen LogP contribution in [-0.2, 0) is 14.4 Å². The van der Waals surface area contributed by atoms with Crippen LogP contribution in [0.4, 0.5) is 4.79 Å². The molecule has 212 valence electrons. The van der Waals surface area contributed by atoms with Gasteiger partial charge in [0.2, 0.25) is 11.8 Å². The Morgan fingerprint density at radius 3 is 2.24 bits per heavy atom. The number of nitrogens with zero attached hydrogens (tertiary/aromatic N) is 2. The van der Waals surface area contributed by atoms with Gasteiger partial charge >= 0.3 is 12.1 Å². The molecule has 0 saturated carbocycles. The lowest BCUT2D eigenvalue weighted by molar-refractivity contribution is -0.132. The topological polar surface area (TPSA) is 125 Å². The molecule has 0 aliphatic heterocycles. The molecule has 0 aromatic heterocycles. The highest BCUT2D eigenvalue weighted by Crippen LogP contribution is 2.35. The lowest BCUT2D eigenvalue weighted by Gasteiger charge is -2.23. The third-order valence-electron chi connectivity index (χ3n) is 5.97. The molecule has 0 saturated heterocycles. The van der Waals surface area contributed by atoms with Crippen molar-refractivity contribution in [2.45, 2.75) is 59.8 Å². The van der Waals surface area contributed by atoms with Crippen LogP contribution in [0.25, 0.3) is 0 Å². The molecular weight excluding hydrogens is 490 g/mol. The molecule has 10 heteroatoms. The quantitative estimate of drug-likeness (QED) is 0.274. The Labute approximate surface area is 226 Å². The van der Waals surface area contributed by atoms with Crippen LogP contribution in [0.2, 0.25) is 0 Å². The number of hydrogen-bond acceptors (Lipinski definition) is 6. The summed E-state index contributed by atoms with van der Waals surface area (Å²) < 4.78 is 11.0. The van der Waals surface area contributed by atoms with Crippen molar-refractivity contribution in [1.82, 2.24) is 15.1 Å². The number of carbonyl (C=O) groups excluding carboxylic acids is 3. The van der Waals surface area contributed by atoms with Crippen molar-refractivity contribution in [3.63, 3.8) is 0 Å². The molecular formula is C28H43N3O7. The second-order valence-corrected chi connectivity index (χ2v) is 10.1. The highest BCUT2D eigenvalue weighted by molar-refractivity contribution is 6.02. The van der Waals surface area contributed by atoms with Gasteiger partial charge in [-0.3, -0.25) is 9.59 Å². The number of carboxylic acids is 1. The van der Waals surface area contributed by atoms with Gasteiger partial charge in [-0.2, -0.15) is 0 Å². The Hall–Kier alpha value is -3.56. The van der Waals surface area contributed by atoms with E-state index in [1.54, 1.807) is 0 Å². The standard InChI is InChI=1S/C28H43N3O7/c1-18(2)10-9-11-29-24(32)16-22(17-25(33)34)27(35)30(6)12-13-31(7)28(36)38-26-20(5)14-21(19(3)4)15-23(26)37-8/h14-15,17-19H,9-13,16H2,1-8H3,(H,29,32)(H,33,34)/b22-17-. The summed E-state index contributed by atoms with van der Waals surface area (Å²) in [6, 6.07) is 3.78. The van der Waals surface area contributed by atoms with Gasteiger partial charge in [-0.1, -0.05) is 33.8 Å². The smallest absolute Gasteiger partial charge is 0.415 e. The molecule has 1 aromatic rings. The van der Waals surface area contributed by atoms with E-state index in [9.17, 15) is 24.3 Å². The molecule has 0 fully saturated rings. The van der Waals surface area contributed by atoms with Gasteiger partial charge in [0.1, 0.15) is 0 Å². The summed E-state index contributed by atoms with van der Waals surface area (Å²) in [6.45, 7) is 10.8. The molecule has 38 heavy (non-hydrogen) atoms. The molecule has 0 spiro atoms. The van der Waals surface area contributed by atoms with Crippen molar-refractivity contribution < 1.29 is 33.8 Å². The molecule has 0 unspecified atom stereocenters. The number of methoxy groups -OCH3 is 1. The van der Waals surface area contributed by atoms with Crippen molar-refractivity contribution in [3.8, 4) is 11.5 Å². The first-order valence-corrected chi connectivity index (χ1v) is 12.8. The lowest BCUT2D eigenvalue weighted by atomic mass is 10.00. The summed E-state index contributed by atoms with van der Waals surface area (Å²) in [5, 5.41) is 11.9. The molecule has 10 nitrogen and oxygen atoms in total. The third-order valence-corrected chi connectivity index (χ3v) is 5.97. The second-order valence-electron chi connectivity index (χ2n) is 10.1. The summed E-state index contributed by atoms with van der Waals surface area (Å²) in [6.07, 6.45) is 1.52. The van der Waals surface area contributed by atoms with Crippen LogP contribution in [-0.4, -0.2) is 79.6 Å². The van der Waals surface area contributed by atoms with Crippen molar-refractivity contribution in [3.05, 3.63) is 34.9 Å². The summed E-state index contributed by atoms with van der Waals surface area (Å²) in [7, 11) is 4.52. The minimum atomic E-state index is -1.32. The molecule has 1 rings (SSSR count). The molecule has 0 radical (unpaired) electrons. The van der Waals surface area contributed by atoms with Crippen molar-refractivity contribution >= 4 is 23.9 Å². The largest absolute Gasteiger partial charge is 0.493 e. The monoisotopic (exact) mass is 533 g/mol. The van der Waals surface area contributed by atoms with E-state index in [0.29, 0.717) is 24.0 Å². The molecule has 0 heterocycles. The van der Waals surface area contributed by atoms with E-state index in [1.807, 2.05) is 19.1 Å². The fraction of sp³-hybridized carbons (Fsp3) is 0.571. The molecule has 1 aromatic carbocycles. The minimum absolute atomic E-state index is 0.0970. The van der Waals surface area contributed by atoms with E-state index >= 15 is 0 Å². The van der Waals surface area contributed by atoms with E-state index in [-0.39, 0.29) is 31.0 Å². The molecule has 0 atom stereocenters. The highest BCUT2D eigenvalue weighted by Gasteiger charge is 2.22. The number of benzene rings is 1. The lowest BCUT2D eigenvalue weighted by Crippen LogP contribution is -2.39. The summed E-state index contributed by atoms with van der Waals surface area (Å²) in [5.41, 5.74) is 1.67. The van der Waals surface area contributed by atoms with E-state index < -0.39 is 23.9 Å². The number of rotatable bonds is 14. The zero-order valence-corrected chi connectivity index (χ0v) is 23.9. The van der Waals surface area contributed by atoms with E-state index in [4.69, 9.17) is 9.47 Å². The first kappa shape index (κ1) is 32.5. The van der Waals surface area contributed by atoms with Crippen LogP contribution in [0.1, 0.15) is 64.0 Å². The van der Waals surface area contributed by atoms with Crippen molar-refractivity contribution in [2.75, 3.05) is 40.8 Å². The Morgan fingerprint density at radius 1 is 1.05 bits per heavy atom. The van der Waals surface area contributed by atoms with Crippen LogP contribution >= 0.6 is 0 Å². The number of nitrogens with one attached hydrogen (secondary N) is 1. The number of likely N-dealkylation sites (N-methyl/N-ethyl adjacent to an activating group) is 2. The average molecular weight is 534 g/mol. The number of aliphatic carboxylic acids is 1. The average Bonchev–Trinajstić information content (AvgIpc) is 2.84. The van der Waals surface area contributed by atoms with E-state index in [0.717, 1.165) is 30.0 Å². The van der Waals surface area contributed by atoms with Crippen LogP contribution in [0.15, 0.2) is 23.8 Å². The Kier molecular flexibility index (Phi) is 13.4. The molecule has 0 bridgehead atoms. The SMILES string of the molecule is COc1cc(C(C)C)cc(C)c1OC(=O)N(C)CCN(C)C(=O)/C(=C\C(=O)O)CC(=O)NCCCC(C)C. The first-order chi connectivity index (χ1) is 17.8. The predicted octanol–water partition coefficient (Wildman–Crippen LogP) is 3.97. The van der Waals surface area contributed by atoms with Crippen LogP contribution in [0.3, 0.4) is 0 Å². The van der Waals surface area contributed by atoms with Crippen LogP contribution < -0.4 is 14.8 Å². The van der Waals surface area contributed by atoms with Gasteiger partial charge in [-0.15, -0.1) is 0 Å². The first-order valence-electron chi connectivity index (χ1n) is 12.8. The van der Waals surface area contributed by atoms with Crippen molar-refractivity contribution in [2.24, 2.45) is 5.92 Å². The number of aryl methyl sites for hydroxylation is 1. The molecule has 3 amide bonds. The maximum Gasteiger partial charge on any atom is 0.415 e. The van der Waals surface area contributed by atoms with Crippen LogP contribution in [0, 0.1) is 12.8 Å². The predicted molar refractivity (Wildman–Crippen MR) is 146 cm³/mol. The van der Waals surface area contributed by atoms with Gasteiger partial charge in [0.25, 0.3) is 0 Å². The molecule has 0 aliphatic rings. The van der Waals surface area contributed by atoms with Crippen LogP contribution in [0.5, 0.6) is 11.5 Å². The Balaban J connectivity index is 2.77. The normalized spacial score (nSPS) is 11.4. The number of amides is 3. The zero-order chi connectivity index (χ0) is 29.0. The number of carbonyl (C=O) groups is 4. The Morgan fingerprint density at radius 2 is 1.68 bits per heavy atom. The second kappa shape index (κ2) is 15.6. The summed E-state index contributed by atoms with van der Waals surface area (Å²) in [4.78, 5) is 51.7. The number of hydrogen-bond donors (Lipinski definition) is 2.